The number of nitrogens with zero attached hydrogens (tertiary/aromatic N) is 2. The zero-order chi connectivity index (χ0) is 32.6. The van der Waals surface area contributed by atoms with Gasteiger partial charge >= 0.3 is 6.16 Å². The maximum Gasteiger partial charge on any atom is 0.514 e. The van der Waals surface area contributed by atoms with Crippen LogP contribution in [-0.2, 0) is 23.9 Å². The number of rotatable bonds is 7. The van der Waals surface area contributed by atoms with E-state index < -0.39 is 59.1 Å². The highest BCUT2D eigenvalue weighted by atomic mass is 16.7. The van der Waals surface area contributed by atoms with Crippen LogP contribution in [-0.4, -0.2) is 40.5 Å². The Bertz CT molecular complexity index is 1610. The molecule has 5 rings (SSSR count). The Labute approximate surface area is 261 Å². The van der Waals surface area contributed by atoms with Gasteiger partial charge in [-0.2, -0.15) is 0 Å². The van der Waals surface area contributed by atoms with Crippen molar-refractivity contribution in [2.45, 2.75) is 52.6 Å². The average Bonchev–Trinajstić information content (AvgIpc) is 3.35. The third kappa shape index (κ3) is 6.31. The zero-order valence-electron chi connectivity index (χ0n) is 25.8. The number of ether oxygens (including phenoxy) is 2. The minimum atomic E-state index is -1.09. The van der Waals surface area contributed by atoms with E-state index >= 15 is 0 Å². The van der Waals surface area contributed by atoms with E-state index in [-0.39, 0.29) is 35.2 Å². The van der Waals surface area contributed by atoms with Gasteiger partial charge in [0.2, 0.25) is 23.6 Å². The van der Waals surface area contributed by atoms with Gasteiger partial charge in [0.25, 0.3) is 0 Å². The summed E-state index contributed by atoms with van der Waals surface area (Å²) in [5.74, 6) is -5.99. The Hall–Kier alpha value is -4.99. The Morgan fingerprint density at radius 1 is 0.778 bits per heavy atom. The van der Waals surface area contributed by atoms with E-state index in [0.29, 0.717) is 0 Å². The van der Waals surface area contributed by atoms with Crippen LogP contribution in [0.4, 0.5) is 16.2 Å². The largest absolute Gasteiger partial charge is 0.514 e. The molecule has 5 atom stereocenters. The molecule has 10 nitrogen and oxygen atoms in total. The zero-order valence-corrected chi connectivity index (χ0v) is 25.8. The Morgan fingerprint density at radius 3 is 1.89 bits per heavy atom. The number of anilines is 2. The Morgan fingerprint density at radius 2 is 1.31 bits per heavy atom. The van der Waals surface area contributed by atoms with Crippen molar-refractivity contribution in [3.63, 3.8) is 0 Å². The summed E-state index contributed by atoms with van der Waals surface area (Å²) in [4.78, 5) is 70.0. The molecule has 2 aliphatic heterocycles. The van der Waals surface area contributed by atoms with Gasteiger partial charge in [-0.3, -0.25) is 29.0 Å². The van der Waals surface area contributed by atoms with E-state index in [0.717, 1.165) is 15.4 Å². The summed E-state index contributed by atoms with van der Waals surface area (Å²) in [6.45, 7) is 8.69. The molecule has 2 saturated heterocycles. The lowest BCUT2D eigenvalue weighted by molar-refractivity contribution is -0.131. The molecule has 3 aromatic carbocycles. The monoisotopic (exact) mass is 612 g/mol. The second-order valence-electron chi connectivity index (χ2n) is 12.6. The van der Waals surface area contributed by atoms with E-state index in [1.807, 2.05) is 37.3 Å². The molecule has 0 saturated carbocycles. The first-order valence-electron chi connectivity index (χ1n) is 14.9. The van der Waals surface area contributed by atoms with E-state index in [4.69, 9.17) is 9.47 Å². The molecule has 0 bridgehead atoms. The number of carbonyl (C=O) groups excluding carboxylic acids is 5. The highest BCUT2D eigenvalue weighted by Gasteiger charge is 2.59. The molecule has 10 heteroatoms. The predicted molar refractivity (Wildman–Crippen MR) is 166 cm³/mol. The number of amides is 4. The van der Waals surface area contributed by atoms with Crippen LogP contribution in [0.2, 0.25) is 0 Å². The molecule has 0 radical (unpaired) electrons. The molecule has 3 aromatic rings. The predicted octanol–water partition coefficient (Wildman–Crippen LogP) is 5.83. The summed E-state index contributed by atoms with van der Waals surface area (Å²) in [6.07, 6.45) is -0.616. The summed E-state index contributed by atoms with van der Waals surface area (Å²) in [7, 11) is 0. The van der Waals surface area contributed by atoms with Crippen LogP contribution >= 0.6 is 0 Å². The van der Waals surface area contributed by atoms with Crippen molar-refractivity contribution < 1.29 is 38.6 Å². The molecule has 0 aliphatic carbocycles. The lowest BCUT2D eigenvalue weighted by Gasteiger charge is -2.24. The Balaban J connectivity index is 1.47. The van der Waals surface area contributed by atoms with Gasteiger partial charge in [-0.25, -0.2) is 4.79 Å². The fourth-order valence-electron chi connectivity index (χ4n) is 6.13. The molecular formula is C35H36N2O8. The van der Waals surface area contributed by atoms with Crippen molar-refractivity contribution in [2.24, 2.45) is 23.7 Å². The number of benzene rings is 3. The van der Waals surface area contributed by atoms with Crippen LogP contribution in [0.25, 0.3) is 0 Å². The van der Waals surface area contributed by atoms with Crippen molar-refractivity contribution >= 4 is 41.2 Å². The fraction of sp³-hybridized carbons (Fsp3) is 0.343. The van der Waals surface area contributed by atoms with Gasteiger partial charge in [-0.1, -0.05) is 44.2 Å². The minimum absolute atomic E-state index is 0.0212. The maximum absolute atomic E-state index is 14.2. The first kappa shape index (κ1) is 31.4. The SMILES string of the molecule is CC(CC1C(=O)N(c2ccc(OC(=O)OC(C)(C)C)cc2)C(=O)C1C1C(=O)N(c2ccc(O)cc2)C(=O)C1C)c1ccccc1. The van der Waals surface area contributed by atoms with Gasteiger partial charge in [-0.05, 0) is 87.2 Å². The summed E-state index contributed by atoms with van der Waals surface area (Å²) in [5.41, 5.74) is 0.758. The quantitative estimate of drug-likeness (QED) is 0.200. The highest BCUT2D eigenvalue weighted by Crippen LogP contribution is 2.46. The maximum atomic E-state index is 14.2. The van der Waals surface area contributed by atoms with Crippen LogP contribution in [0.15, 0.2) is 78.9 Å². The van der Waals surface area contributed by atoms with Crippen molar-refractivity contribution in [2.75, 3.05) is 9.80 Å². The molecule has 234 valence electrons. The molecule has 1 N–H and O–H groups in total. The Kier molecular flexibility index (Phi) is 8.51. The van der Waals surface area contributed by atoms with E-state index in [9.17, 15) is 29.1 Å². The van der Waals surface area contributed by atoms with Gasteiger partial charge in [0.15, 0.2) is 0 Å². The lowest BCUT2D eigenvalue weighted by atomic mass is 9.74. The highest BCUT2D eigenvalue weighted by molar-refractivity contribution is 6.27. The van der Waals surface area contributed by atoms with Crippen LogP contribution in [0.3, 0.4) is 0 Å². The second kappa shape index (κ2) is 12.2. The number of hydrogen-bond donors (Lipinski definition) is 1. The minimum Gasteiger partial charge on any atom is -0.508 e. The number of phenols is 1. The summed E-state index contributed by atoms with van der Waals surface area (Å²) < 4.78 is 10.4. The van der Waals surface area contributed by atoms with Gasteiger partial charge in [-0.15, -0.1) is 0 Å². The normalized spacial score (nSPS) is 22.6. The molecule has 5 unspecified atom stereocenters. The lowest BCUT2D eigenvalue weighted by Crippen LogP contribution is -2.37. The van der Waals surface area contributed by atoms with Crippen LogP contribution < -0.4 is 14.5 Å². The molecule has 2 fully saturated rings. The van der Waals surface area contributed by atoms with Crippen LogP contribution in [0.5, 0.6) is 11.5 Å². The van der Waals surface area contributed by atoms with Crippen molar-refractivity contribution in [3.8, 4) is 11.5 Å². The standard InChI is InChI=1S/C35H36N2O8/c1-20(22-9-7-6-8-10-22)19-27-29(28-21(2)30(39)36(32(28)41)23-11-15-25(38)16-12-23)33(42)37(31(27)40)24-13-17-26(18-14-24)44-34(43)45-35(3,4)5/h6-18,20-21,27-29,38H,19H2,1-5H3. The van der Waals surface area contributed by atoms with Gasteiger partial charge in [0, 0.05) is 5.92 Å². The summed E-state index contributed by atoms with van der Waals surface area (Å²) in [6, 6.07) is 21.1. The van der Waals surface area contributed by atoms with Gasteiger partial charge in [0.1, 0.15) is 17.1 Å². The van der Waals surface area contributed by atoms with E-state index in [1.54, 1.807) is 27.7 Å². The molecule has 2 aliphatic rings. The average molecular weight is 613 g/mol. The smallest absolute Gasteiger partial charge is 0.508 e. The number of imide groups is 2. The first-order valence-corrected chi connectivity index (χ1v) is 14.9. The first-order chi connectivity index (χ1) is 21.3. The summed E-state index contributed by atoms with van der Waals surface area (Å²) >= 11 is 0. The molecular weight excluding hydrogens is 576 g/mol. The van der Waals surface area contributed by atoms with Gasteiger partial charge in [0.05, 0.1) is 29.1 Å². The van der Waals surface area contributed by atoms with Gasteiger partial charge < -0.3 is 14.6 Å². The number of aromatic hydroxyl groups is 1. The molecule has 2 heterocycles. The molecule has 0 aromatic heterocycles. The van der Waals surface area contributed by atoms with Crippen LogP contribution in [0, 0.1) is 23.7 Å². The molecule has 0 spiro atoms. The van der Waals surface area contributed by atoms with Crippen molar-refractivity contribution in [3.05, 3.63) is 84.4 Å². The van der Waals surface area contributed by atoms with E-state index in [2.05, 4.69) is 0 Å². The third-order valence-electron chi connectivity index (χ3n) is 8.29. The topological polar surface area (TPSA) is 131 Å². The number of carbonyl (C=O) groups is 5. The van der Waals surface area contributed by atoms with E-state index in [1.165, 1.54) is 48.5 Å². The summed E-state index contributed by atoms with van der Waals surface area (Å²) in [5, 5.41) is 9.72. The van der Waals surface area contributed by atoms with Crippen molar-refractivity contribution in [1.29, 1.82) is 0 Å². The van der Waals surface area contributed by atoms with Crippen LogP contribution in [0.1, 0.15) is 52.5 Å². The third-order valence-corrected chi connectivity index (χ3v) is 8.29. The molecule has 4 amide bonds. The molecule has 45 heavy (non-hydrogen) atoms. The fourth-order valence-corrected chi connectivity index (χ4v) is 6.13. The number of phenolic OH excluding ortho intramolecular Hbond substituents is 1. The van der Waals surface area contributed by atoms with Crippen molar-refractivity contribution in [1.82, 2.24) is 0 Å². The second-order valence-corrected chi connectivity index (χ2v) is 12.6. The number of hydrogen-bond acceptors (Lipinski definition) is 8.